The summed E-state index contributed by atoms with van der Waals surface area (Å²) in [6.07, 6.45) is 0.574. The summed E-state index contributed by atoms with van der Waals surface area (Å²) >= 11 is 5.76. The number of hydrogen-bond donors (Lipinski definition) is 0. The highest BCUT2D eigenvalue weighted by Crippen LogP contribution is 2.24. The van der Waals surface area contributed by atoms with Crippen LogP contribution in [0.1, 0.15) is 10.4 Å². The van der Waals surface area contributed by atoms with E-state index in [0.717, 1.165) is 4.31 Å². The van der Waals surface area contributed by atoms with Gasteiger partial charge in [0.15, 0.2) is 0 Å². The molecule has 6 heteroatoms. The maximum atomic E-state index is 11.7. The molecule has 0 N–H and O–H groups in total. The number of aldehydes is 1. The lowest BCUT2D eigenvalue weighted by Gasteiger charge is -2.12. The molecular formula is C9H10ClNO3S. The van der Waals surface area contributed by atoms with Crippen LogP contribution in [0.15, 0.2) is 23.1 Å². The van der Waals surface area contributed by atoms with Crippen LogP contribution in [0.25, 0.3) is 0 Å². The van der Waals surface area contributed by atoms with Crippen molar-refractivity contribution in [1.29, 1.82) is 0 Å². The first-order valence-corrected chi connectivity index (χ1v) is 5.88. The zero-order chi connectivity index (χ0) is 11.6. The van der Waals surface area contributed by atoms with Gasteiger partial charge in [0.2, 0.25) is 10.0 Å². The monoisotopic (exact) mass is 247 g/mol. The van der Waals surface area contributed by atoms with Crippen molar-refractivity contribution in [2.24, 2.45) is 0 Å². The molecule has 82 valence electrons. The zero-order valence-electron chi connectivity index (χ0n) is 8.27. The largest absolute Gasteiger partial charge is 0.298 e. The van der Waals surface area contributed by atoms with E-state index in [-0.39, 0.29) is 15.5 Å². The molecule has 1 aromatic rings. The van der Waals surface area contributed by atoms with Gasteiger partial charge < -0.3 is 0 Å². The number of rotatable bonds is 3. The normalized spacial score (nSPS) is 11.7. The Morgan fingerprint density at radius 2 is 1.93 bits per heavy atom. The molecule has 0 aliphatic heterocycles. The van der Waals surface area contributed by atoms with Gasteiger partial charge in [-0.1, -0.05) is 17.7 Å². The van der Waals surface area contributed by atoms with Crippen LogP contribution in [0.5, 0.6) is 0 Å². The molecule has 0 aromatic heterocycles. The third-order valence-electron chi connectivity index (χ3n) is 1.85. The second kappa shape index (κ2) is 4.30. The van der Waals surface area contributed by atoms with E-state index in [9.17, 15) is 13.2 Å². The molecule has 1 aromatic carbocycles. The van der Waals surface area contributed by atoms with Crippen LogP contribution < -0.4 is 0 Å². The maximum Gasteiger partial charge on any atom is 0.244 e. The molecule has 15 heavy (non-hydrogen) atoms. The van der Waals surface area contributed by atoms with Gasteiger partial charge in [0, 0.05) is 19.7 Å². The van der Waals surface area contributed by atoms with Gasteiger partial charge in [0.05, 0.1) is 5.02 Å². The molecule has 1 rings (SSSR count). The third-order valence-corrected chi connectivity index (χ3v) is 4.15. The first-order chi connectivity index (χ1) is 6.89. The third kappa shape index (κ3) is 2.37. The van der Waals surface area contributed by atoms with E-state index < -0.39 is 10.0 Å². The molecule has 0 saturated carbocycles. The molecule has 0 radical (unpaired) electrons. The number of carbonyl (C=O) groups excluding carboxylic acids is 1. The molecule has 0 unspecified atom stereocenters. The van der Waals surface area contributed by atoms with E-state index in [1.54, 1.807) is 0 Å². The van der Waals surface area contributed by atoms with Crippen molar-refractivity contribution in [2.45, 2.75) is 4.90 Å². The number of carbonyl (C=O) groups is 1. The summed E-state index contributed by atoms with van der Waals surface area (Å²) in [5, 5.41) is 0.106. The first kappa shape index (κ1) is 12.2. The van der Waals surface area contributed by atoms with Crippen molar-refractivity contribution in [3.63, 3.8) is 0 Å². The smallest absolute Gasteiger partial charge is 0.244 e. The Morgan fingerprint density at radius 3 is 2.40 bits per heavy atom. The fraction of sp³-hybridized carbons (Fsp3) is 0.222. The Hall–Kier alpha value is -0.910. The van der Waals surface area contributed by atoms with Crippen LogP contribution in [-0.4, -0.2) is 33.1 Å². The van der Waals surface area contributed by atoms with E-state index in [1.807, 2.05) is 0 Å². The van der Waals surface area contributed by atoms with Crippen LogP contribution in [0.4, 0.5) is 0 Å². The minimum absolute atomic E-state index is 0.0567. The molecular weight excluding hydrogens is 238 g/mol. The molecule has 4 nitrogen and oxygen atoms in total. The van der Waals surface area contributed by atoms with Gasteiger partial charge in [-0.3, -0.25) is 4.79 Å². The lowest BCUT2D eigenvalue weighted by Crippen LogP contribution is -2.22. The first-order valence-electron chi connectivity index (χ1n) is 4.07. The fourth-order valence-electron chi connectivity index (χ4n) is 0.988. The van der Waals surface area contributed by atoms with Crippen LogP contribution in [0.3, 0.4) is 0 Å². The summed E-state index contributed by atoms with van der Waals surface area (Å²) in [7, 11) is -0.794. The standard InChI is InChI=1S/C9H10ClNO3S/c1-11(2)15(13,14)9-5-7(6-12)3-4-8(9)10/h3-6H,1-2H3. The van der Waals surface area contributed by atoms with Gasteiger partial charge in [0.1, 0.15) is 11.2 Å². The Kier molecular flexibility index (Phi) is 3.49. The molecule has 0 aliphatic carbocycles. The van der Waals surface area contributed by atoms with Crippen molar-refractivity contribution >= 4 is 27.9 Å². The van der Waals surface area contributed by atoms with Crippen molar-refractivity contribution in [2.75, 3.05) is 14.1 Å². The second-order valence-electron chi connectivity index (χ2n) is 3.10. The van der Waals surface area contributed by atoms with Crippen molar-refractivity contribution < 1.29 is 13.2 Å². The Morgan fingerprint density at radius 1 is 1.33 bits per heavy atom. The zero-order valence-corrected chi connectivity index (χ0v) is 9.84. The molecule has 0 spiro atoms. The average molecular weight is 248 g/mol. The lowest BCUT2D eigenvalue weighted by atomic mass is 10.2. The number of halogens is 1. The summed E-state index contributed by atoms with van der Waals surface area (Å²) in [4.78, 5) is 10.5. The number of hydrogen-bond acceptors (Lipinski definition) is 3. The fourth-order valence-corrected chi connectivity index (χ4v) is 2.39. The highest BCUT2D eigenvalue weighted by Gasteiger charge is 2.20. The van der Waals surface area contributed by atoms with Crippen LogP contribution >= 0.6 is 11.6 Å². The van der Waals surface area contributed by atoms with Gasteiger partial charge in [0.25, 0.3) is 0 Å². The summed E-state index contributed by atoms with van der Waals surface area (Å²) in [6.45, 7) is 0. The Labute approximate surface area is 93.5 Å². The van der Waals surface area contributed by atoms with E-state index in [2.05, 4.69) is 0 Å². The van der Waals surface area contributed by atoms with Gasteiger partial charge in [-0.05, 0) is 12.1 Å². The van der Waals surface area contributed by atoms with E-state index >= 15 is 0 Å². The minimum atomic E-state index is -3.60. The summed E-state index contributed by atoms with van der Waals surface area (Å²) in [5.41, 5.74) is 0.278. The molecule has 0 atom stereocenters. The second-order valence-corrected chi connectivity index (χ2v) is 5.62. The predicted octanol–water partition coefficient (Wildman–Crippen LogP) is 1.40. The SMILES string of the molecule is CN(C)S(=O)(=O)c1cc(C=O)ccc1Cl. The van der Waals surface area contributed by atoms with E-state index in [0.29, 0.717) is 6.29 Å². The molecule has 0 aliphatic rings. The van der Waals surface area contributed by atoms with Gasteiger partial charge in [-0.2, -0.15) is 0 Å². The van der Waals surface area contributed by atoms with Crippen LogP contribution in [0.2, 0.25) is 5.02 Å². The molecule has 0 fully saturated rings. The Balaban J connectivity index is 3.43. The quantitative estimate of drug-likeness (QED) is 0.759. The van der Waals surface area contributed by atoms with Crippen LogP contribution in [-0.2, 0) is 10.0 Å². The van der Waals surface area contributed by atoms with Crippen molar-refractivity contribution in [3.8, 4) is 0 Å². The lowest BCUT2D eigenvalue weighted by molar-refractivity contribution is 0.112. The minimum Gasteiger partial charge on any atom is -0.298 e. The van der Waals surface area contributed by atoms with E-state index in [4.69, 9.17) is 11.6 Å². The van der Waals surface area contributed by atoms with Crippen LogP contribution in [0, 0.1) is 0 Å². The van der Waals surface area contributed by atoms with E-state index in [1.165, 1.54) is 32.3 Å². The molecule has 0 amide bonds. The highest BCUT2D eigenvalue weighted by molar-refractivity contribution is 7.89. The van der Waals surface area contributed by atoms with Gasteiger partial charge in [-0.25, -0.2) is 12.7 Å². The summed E-state index contributed by atoms with van der Waals surface area (Å²) in [5.74, 6) is 0. The van der Waals surface area contributed by atoms with Crippen molar-refractivity contribution in [1.82, 2.24) is 4.31 Å². The Bertz CT molecular complexity index is 482. The van der Waals surface area contributed by atoms with Gasteiger partial charge >= 0.3 is 0 Å². The van der Waals surface area contributed by atoms with Gasteiger partial charge in [-0.15, -0.1) is 0 Å². The maximum absolute atomic E-state index is 11.7. The summed E-state index contributed by atoms with van der Waals surface area (Å²) < 4.78 is 24.5. The molecule has 0 heterocycles. The summed E-state index contributed by atoms with van der Waals surface area (Å²) in [6, 6.07) is 4.11. The van der Waals surface area contributed by atoms with Crippen molar-refractivity contribution in [3.05, 3.63) is 28.8 Å². The number of sulfonamides is 1. The number of nitrogens with zero attached hydrogens (tertiary/aromatic N) is 1. The highest BCUT2D eigenvalue weighted by atomic mass is 35.5. The molecule has 0 bridgehead atoms. The predicted molar refractivity (Wildman–Crippen MR) is 57.7 cm³/mol. The number of benzene rings is 1. The average Bonchev–Trinajstić information content (AvgIpc) is 2.18. The topological polar surface area (TPSA) is 54.5 Å². The molecule has 0 saturated heterocycles.